The normalized spacial score (nSPS) is 21.0. The molecule has 0 N–H and O–H groups in total. The van der Waals surface area contributed by atoms with Crippen LogP contribution in [0.2, 0.25) is 0 Å². The number of carbonyl (C=O) groups is 1. The van der Waals surface area contributed by atoms with Crippen LogP contribution < -0.4 is 4.90 Å². The molecule has 1 aromatic carbocycles. The van der Waals surface area contributed by atoms with E-state index in [0.717, 1.165) is 52.3 Å². The zero-order valence-corrected chi connectivity index (χ0v) is 23.8. The van der Waals surface area contributed by atoms with E-state index in [1.54, 1.807) is 17.3 Å². The molecular weight excluding hydrogens is 520 g/mol. The number of nitrogens with zero attached hydrogens (tertiary/aromatic N) is 5. The first-order valence-corrected chi connectivity index (χ1v) is 14.8. The summed E-state index contributed by atoms with van der Waals surface area (Å²) in [4.78, 5) is 31.5. The summed E-state index contributed by atoms with van der Waals surface area (Å²) in [6, 6.07) is 12.2. The smallest absolute Gasteiger partial charge is 0.261 e. The van der Waals surface area contributed by atoms with Crippen molar-refractivity contribution in [1.82, 2.24) is 14.9 Å². The second-order valence-corrected chi connectivity index (χ2v) is 11.9. The minimum atomic E-state index is -2.62. The minimum Gasteiger partial charge on any atom is -0.357 e. The number of Topliss-reactive ketones (excluding diaryl/α,β-unsaturated/α-hetero) is 1. The van der Waals surface area contributed by atoms with Crippen molar-refractivity contribution in [3.8, 4) is 11.1 Å². The molecule has 0 saturated carbocycles. The molecule has 5 heterocycles. The average Bonchev–Trinajstić information content (AvgIpc) is 3.51. The third-order valence-electron chi connectivity index (χ3n) is 8.64. The number of hydrogen-bond donors (Lipinski definition) is 0. The molecule has 3 aliphatic heterocycles. The van der Waals surface area contributed by atoms with Gasteiger partial charge < -0.3 is 4.90 Å². The highest BCUT2D eigenvalue weighted by Crippen LogP contribution is 2.35. The van der Waals surface area contributed by atoms with Crippen LogP contribution >= 0.6 is 0 Å². The molecule has 214 valence electrons. The van der Waals surface area contributed by atoms with Crippen LogP contribution in [0.25, 0.3) is 11.1 Å². The van der Waals surface area contributed by atoms with Crippen LogP contribution in [0.1, 0.15) is 80.2 Å². The highest BCUT2D eigenvalue weighted by atomic mass is 19.3. The van der Waals surface area contributed by atoms with Gasteiger partial charge >= 0.3 is 0 Å². The summed E-state index contributed by atoms with van der Waals surface area (Å²) in [5.74, 6) is -1.55. The standard InChI is InChI=1S/C33H37F2N5O/c1-22(26-7-9-31(37-19-26)40-11-4-3-5-12-40)14-30(41)32-29-16-25(6-8-28(29)23(2)38-32)27-15-24(17-36-18-27)20-39-13-10-33(34,35)21-39/h6-9,15-19,22-23H,3-5,10-14,20-21H2,1-2H3/t22-,23-/m0/s1. The second kappa shape index (κ2) is 11.4. The summed E-state index contributed by atoms with van der Waals surface area (Å²) in [6.07, 6.45) is 9.39. The molecule has 8 heteroatoms. The number of ketones is 1. The summed E-state index contributed by atoms with van der Waals surface area (Å²) in [6.45, 7) is 6.79. The fraction of sp³-hybridized carbons (Fsp3) is 0.455. The summed E-state index contributed by atoms with van der Waals surface area (Å²) < 4.78 is 27.3. The zero-order chi connectivity index (χ0) is 28.6. The van der Waals surface area contributed by atoms with Crippen LogP contribution in [-0.4, -0.2) is 58.5 Å². The lowest BCUT2D eigenvalue weighted by molar-refractivity contribution is -0.113. The molecule has 41 heavy (non-hydrogen) atoms. The van der Waals surface area contributed by atoms with Crippen molar-refractivity contribution in [3.63, 3.8) is 0 Å². The van der Waals surface area contributed by atoms with Gasteiger partial charge in [-0.05, 0) is 72.6 Å². The van der Waals surface area contributed by atoms with Crippen molar-refractivity contribution in [1.29, 1.82) is 0 Å². The van der Waals surface area contributed by atoms with E-state index in [1.807, 2.05) is 37.4 Å². The van der Waals surface area contributed by atoms with Crippen LogP contribution in [0.3, 0.4) is 0 Å². The van der Waals surface area contributed by atoms with Gasteiger partial charge in [-0.3, -0.25) is 19.7 Å². The fourth-order valence-corrected chi connectivity index (χ4v) is 6.28. The Morgan fingerprint density at radius 2 is 1.85 bits per heavy atom. The number of rotatable bonds is 8. The Hall–Kier alpha value is -3.52. The lowest BCUT2D eigenvalue weighted by Crippen LogP contribution is -2.30. The molecule has 2 aromatic heterocycles. The van der Waals surface area contributed by atoms with Crippen molar-refractivity contribution in [3.05, 3.63) is 77.2 Å². The molecule has 0 bridgehead atoms. The van der Waals surface area contributed by atoms with Crippen molar-refractivity contribution >= 4 is 17.3 Å². The average molecular weight is 558 g/mol. The molecule has 0 aliphatic carbocycles. The summed E-state index contributed by atoms with van der Waals surface area (Å²) >= 11 is 0. The number of carbonyl (C=O) groups excluding carboxylic acids is 1. The highest BCUT2D eigenvalue weighted by Gasteiger charge is 2.38. The number of likely N-dealkylation sites (tertiary alicyclic amines) is 1. The quantitative estimate of drug-likeness (QED) is 0.312. The minimum absolute atomic E-state index is 0.0227. The van der Waals surface area contributed by atoms with Crippen LogP contribution in [-0.2, 0) is 11.3 Å². The maximum Gasteiger partial charge on any atom is 0.261 e. The molecule has 6 nitrogen and oxygen atoms in total. The van der Waals surface area contributed by atoms with Gasteiger partial charge in [0.15, 0.2) is 5.78 Å². The summed E-state index contributed by atoms with van der Waals surface area (Å²) in [5.41, 5.74) is 6.23. The Bertz CT molecular complexity index is 1450. The topological polar surface area (TPSA) is 61.7 Å². The number of fused-ring (bicyclic) bond motifs is 1. The van der Waals surface area contributed by atoms with Crippen molar-refractivity contribution in [2.45, 2.75) is 70.4 Å². The monoisotopic (exact) mass is 557 g/mol. The molecule has 0 unspecified atom stereocenters. The summed E-state index contributed by atoms with van der Waals surface area (Å²) in [5, 5.41) is 0. The first-order chi connectivity index (χ1) is 19.8. The summed E-state index contributed by atoms with van der Waals surface area (Å²) in [7, 11) is 0. The fourth-order valence-electron chi connectivity index (χ4n) is 6.28. The second-order valence-electron chi connectivity index (χ2n) is 11.9. The molecule has 3 aromatic rings. The maximum atomic E-state index is 13.7. The predicted octanol–water partition coefficient (Wildman–Crippen LogP) is 6.60. The number of anilines is 1. The van der Waals surface area contributed by atoms with Crippen LogP contribution in [0.4, 0.5) is 14.6 Å². The van der Waals surface area contributed by atoms with E-state index >= 15 is 0 Å². The van der Waals surface area contributed by atoms with E-state index in [9.17, 15) is 13.6 Å². The molecule has 2 fully saturated rings. The molecule has 3 aliphatic rings. The molecule has 2 atom stereocenters. The number of aromatic nitrogens is 2. The third-order valence-corrected chi connectivity index (χ3v) is 8.64. The van der Waals surface area contributed by atoms with Gasteiger partial charge in [-0.2, -0.15) is 0 Å². The number of alkyl halides is 2. The van der Waals surface area contributed by atoms with Crippen LogP contribution in [0.15, 0.2) is 60.0 Å². The highest BCUT2D eigenvalue weighted by molar-refractivity contribution is 6.47. The predicted molar refractivity (Wildman–Crippen MR) is 158 cm³/mol. The molecule has 0 spiro atoms. The first kappa shape index (κ1) is 27.6. The van der Waals surface area contributed by atoms with Crippen molar-refractivity contribution < 1.29 is 13.6 Å². The zero-order valence-electron chi connectivity index (χ0n) is 23.8. The number of piperidine rings is 1. The lowest BCUT2D eigenvalue weighted by atomic mass is 9.91. The number of aliphatic imine (C=N–C) groups is 1. The van der Waals surface area contributed by atoms with Gasteiger partial charge in [-0.25, -0.2) is 13.8 Å². The van der Waals surface area contributed by atoms with E-state index < -0.39 is 5.92 Å². The molecule has 0 amide bonds. The van der Waals surface area contributed by atoms with Gasteiger partial charge in [-0.1, -0.05) is 25.1 Å². The Morgan fingerprint density at radius 3 is 2.59 bits per heavy atom. The van der Waals surface area contributed by atoms with Crippen molar-refractivity contribution in [2.24, 2.45) is 4.99 Å². The van der Waals surface area contributed by atoms with E-state index in [-0.39, 0.29) is 30.7 Å². The van der Waals surface area contributed by atoms with Gasteiger partial charge in [0, 0.05) is 68.7 Å². The SMILES string of the molecule is C[C@@H]1N=C(C(=O)C[C@H](C)c2ccc(N3CCCCC3)nc2)c2cc(-c3cncc(CN4CCC(F)(F)C4)c3)ccc21. The van der Waals surface area contributed by atoms with E-state index in [1.165, 1.54) is 19.3 Å². The van der Waals surface area contributed by atoms with Gasteiger partial charge in [0.25, 0.3) is 5.92 Å². The lowest BCUT2D eigenvalue weighted by Gasteiger charge is -2.27. The number of hydrogen-bond acceptors (Lipinski definition) is 6. The van der Waals surface area contributed by atoms with Gasteiger partial charge in [0.2, 0.25) is 0 Å². The van der Waals surface area contributed by atoms with E-state index in [0.29, 0.717) is 25.2 Å². The Morgan fingerprint density at radius 1 is 1.02 bits per heavy atom. The first-order valence-electron chi connectivity index (χ1n) is 14.8. The van der Waals surface area contributed by atoms with Crippen LogP contribution in [0, 0.1) is 0 Å². The van der Waals surface area contributed by atoms with Gasteiger partial charge in [0.1, 0.15) is 11.5 Å². The number of benzene rings is 1. The molecule has 2 saturated heterocycles. The van der Waals surface area contributed by atoms with Crippen molar-refractivity contribution in [2.75, 3.05) is 31.1 Å². The Labute approximate surface area is 240 Å². The number of halogens is 2. The third kappa shape index (κ3) is 6.08. The van der Waals surface area contributed by atoms with E-state index in [2.05, 4.69) is 28.9 Å². The molecular formula is C33H37F2N5O. The van der Waals surface area contributed by atoms with Gasteiger partial charge in [0.05, 0.1) is 12.6 Å². The number of pyridine rings is 2. The van der Waals surface area contributed by atoms with E-state index in [4.69, 9.17) is 9.98 Å². The van der Waals surface area contributed by atoms with Crippen LogP contribution in [0.5, 0.6) is 0 Å². The Kier molecular flexibility index (Phi) is 7.68. The Balaban J connectivity index is 1.16. The molecule has 0 radical (unpaired) electrons. The maximum absolute atomic E-state index is 13.7. The van der Waals surface area contributed by atoms with Gasteiger partial charge in [-0.15, -0.1) is 0 Å². The molecule has 6 rings (SSSR count). The largest absolute Gasteiger partial charge is 0.357 e.